The smallest absolute Gasteiger partial charge is 0.146 e. The van der Waals surface area contributed by atoms with E-state index in [1.54, 1.807) is 0 Å². The van der Waals surface area contributed by atoms with Gasteiger partial charge in [0.2, 0.25) is 0 Å². The molecule has 0 amide bonds. The monoisotopic (exact) mass is 196 g/mol. The average Bonchev–Trinajstić information content (AvgIpc) is 2.58. The summed E-state index contributed by atoms with van der Waals surface area (Å²) in [4.78, 5) is 0. The summed E-state index contributed by atoms with van der Waals surface area (Å²) >= 11 is 0. The molecule has 0 bridgehead atoms. The largest absolute Gasteiger partial charge is 0.324 e. The summed E-state index contributed by atoms with van der Waals surface area (Å²) in [5, 5.41) is 8.27. The first-order valence-corrected chi connectivity index (χ1v) is 5.44. The third kappa shape index (κ3) is 2.54. The normalized spacial score (nSPS) is 10.8. The molecule has 1 aromatic rings. The second-order valence-electron chi connectivity index (χ2n) is 3.49. The van der Waals surface area contributed by atoms with E-state index in [-0.39, 0.29) is 0 Å². The van der Waals surface area contributed by atoms with Gasteiger partial charge in [-0.1, -0.05) is 20.3 Å². The van der Waals surface area contributed by atoms with E-state index in [9.17, 15) is 0 Å². The number of unbranched alkanes of at least 4 members (excludes halogenated alkanes) is 1. The van der Waals surface area contributed by atoms with Crippen LogP contribution in [0.1, 0.15) is 44.8 Å². The lowest BCUT2D eigenvalue weighted by Gasteiger charge is -2.06. The number of nitrogens with zero attached hydrogens (tertiary/aromatic N) is 3. The molecule has 80 valence electrons. The van der Waals surface area contributed by atoms with E-state index in [0.717, 1.165) is 31.0 Å². The molecule has 0 atom stereocenters. The number of rotatable bonds is 6. The molecule has 4 heteroatoms. The van der Waals surface area contributed by atoms with Gasteiger partial charge >= 0.3 is 0 Å². The molecule has 0 aliphatic heterocycles. The lowest BCUT2D eigenvalue weighted by molar-refractivity contribution is 0.596. The van der Waals surface area contributed by atoms with Gasteiger partial charge < -0.3 is 10.3 Å². The second kappa shape index (κ2) is 5.75. The van der Waals surface area contributed by atoms with E-state index in [0.29, 0.717) is 6.54 Å². The number of nitrogens with two attached hydrogens (primary N) is 1. The molecule has 2 N–H and O–H groups in total. The minimum Gasteiger partial charge on any atom is -0.324 e. The summed E-state index contributed by atoms with van der Waals surface area (Å²) in [6.07, 6.45) is 4.48. The SMILES string of the molecule is CCCCc1nnc(CN)n1CCC. The second-order valence-corrected chi connectivity index (χ2v) is 3.49. The van der Waals surface area contributed by atoms with Crippen LogP contribution in [0.5, 0.6) is 0 Å². The predicted octanol–water partition coefficient (Wildman–Crippen LogP) is 1.49. The highest BCUT2D eigenvalue weighted by Gasteiger charge is 2.08. The molecule has 1 rings (SSSR count). The van der Waals surface area contributed by atoms with Gasteiger partial charge in [0.05, 0.1) is 6.54 Å². The molecule has 0 unspecified atom stereocenters. The highest BCUT2D eigenvalue weighted by molar-refractivity contribution is 4.95. The maximum atomic E-state index is 5.60. The molecular formula is C10H20N4. The number of hydrogen-bond acceptors (Lipinski definition) is 3. The quantitative estimate of drug-likeness (QED) is 0.750. The van der Waals surface area contributed by atoms with Gasteiger partial charge in [-0.15, -0.1) is 10.2 Å². The first-order chi connectivity index (χ1) is 6.83. The van der Waals surface area contributed by atoms with Gasteiger partial charge in [0.25, 0.3) is 0 Å². The van der Waals surface area contributed by atoms with Crippen molar-refractivity contribution in [3.63, 3.8) is 0 Å². The third-order valence-electron chi connectivity index (χ3n) is 2.29. The Kier molecular flexibility index (Phi) is 4.59. The third-order valence-corrected chi connectivity index (χ3v) is 2.29. The summed E-state index contributed by atoms with van der Waals surface area (Å²) in [5.74, 6) is 2.01. The molecule has 1 aromatic heterocycles. The minimum absolute atomic E-state index is 0.485. The zero-order valence-corrected chi connectivity index (χ0v) is 9.16. The first-order valence-electron chi connectivity index (χ1n) is 5.44. The van der Waals surface area contributed by atoms with Crippen molar-refractivity contribution in [1.82, 2.24) is 14.8 Å². The molecule has 0 radical (unpaired) electrons. The van der Waals surface area contributed by atoms with Crippen LogP contribution in [0.2, 0.25) is 0 Å². The molecule has 0 saturated carbocycles. The summed E-state index contributed by atoms with van der Waals surface area (Å²) < 4.78 is 2.16. The molecule has 0 saturated heterocycles. The Bertz CT molecular complexity index is 267. The Morgan fingerprint density at radius 3 is 2.43 bits per heavy atom. The molecule has 0 spiro atoms. The fourth-order valence-electron chi connectivity index (χ4n) is 1.52. The van der Waals surface area contributed by atoms with Crippen molar-refractivity contribution in [3.8, 4) is 0 Å². The molecule has 4 nitrogen and oxygen atoms in total. The van der Waals surface area contributed by atoms with Crippen LogP contribution in [0.4, 0.5) is 0 Å². The molecule has 14 heavy (non-hydrogen) atoms. The Hall–Kier alpha value is -0.900. The Balaban J connectivity index is 2.75. The van der Waals surface area contributed by atoms with E-state index in [2.05, 4.69) is 28.6 Å². The Morgan fingerprint density at radius 1 is 1.14 bits per heavy atom. The Morgan fingerprint density at radius 2 is 1.86 bits per heavy atom. The van der Waals surface area contributed by atoms with Crippen LogP contribution in [-0.2, 0) is 19.5 Å². The molecule has 0 aromatic carbocycles. The molecule has 1 heterocycles. The fraction of sp³-hybridized carbons (Fsp3) is 0.800. The van der Waals surface area contributed by atoms with Crippen molar-refractivity contribution in [2.75, 3.05) is 0 Å². The van der Waals surface area contributed by atoms with Gasteiger partial charge in [0, 0.05) is 13.0 Å². The molecule has 0 aliphatic carbocycles. The number of aromatic nitrogens is 3. The molecular weight excluding hydrogens is 176 g/mol. The van der Waals surface area contributed by atoms with Crippen LogP contribution in [0.15, 0.2) is 0 Å². The zero-order chi connectivity index (χ0) is 10.4. The first kappa shape index (κ1) is 11.2. The van der Waals surface area contributed by atoms with Gasteiger partial charge in [0.1, 0.15) is 11.6 Å². The van der Waals surface area contributed by atoms with E-state index < -0.39 is 0 Å². The van der Waals surface area contributed by atoms with Crippen molar-refractivity contribution >= 4 is 0 Å². The van der Waals surface area contributed by atoms with E-state index in [1.807, 2.05) is 0 Å². The number of aryl methyl sites for hydroxylation is 1. The van der Waals surface area contributed by atoms with E-state index in [4.69, 9.17) is 5.73 Å². The van der Waals surface area contributed by atoms with Crippen LogP contribution in [-0.4, -0.2) is 14.8 Å². The standard InChI is InChI=1S/C10H20N4/c1-3-5-6-9-12-13-10(8-11)14(9)7-4-2/h3-8,11H2,1-2H3. The maximum Gasteiger partial charge on any atom is 0.146 e. The van der Waals surface area contributed by atoms with Crippen LogP contribution in [0.25, 0.3) is 0 Å². The van der Waals surface area contributed by atoms with Crippen molar-refractivity contribution in [3.05, 3.63) is 11.6 Å². The van der Waals surface area contributed by atoms with Crippen molar-refractivity contribution < 1.29 is 0 Å². The van der Waals surface area contributed by atoms with Crippen molar-refractivity contribution in [1.29, 1.82) is 0 Å². The molecule has 0 aliphatic rings. The topological polar surface area (TPSA) is 56.7 Å². The fourth-order valence-corrected chi connectivity index (χ4v) is 1.52. The summed E-state index contributed by atoms with van der Waals surface area (Å²) in [6.45, 7) is 5.81. The molecule has 0 fully saturated rings. The predicted molar refractivity (Wildman–Crippen MR) is 56.8 cm³/mol. The van der Waals surface area contributed by atoms with Crippen molar-refractivity contribution in [2.24, 2.45) is 5.73 Å². The number of hydrogen-bond donors (Lipinski definition) is 1. The zero-order valence-electron chi connectivity index (χ0n) is 9.16. The lowest BCUT2D eigenvalue weighted by atomic mass is 10.2. The van der Waals surface area contributed by atoms with Crippen LogP contribution < -0.4 is 5.73 Å². The van der Waals surface area contributed by atoms with Crippen molar-refractivity contribution in [2.45, 2.75) is 52.6 Å². The summed E-state index contributed by atoms with van der Waals surface area (Å²) in [7, 11) is 0. The summed E-state index contributed by atoms with van der Waals surface area (Å²) in [6, 6.07) is 0. The van der Waals surface area contributed by atoms with E-state index >= 15 is 0 Å². The maximum absolute atomic E-state index is 5.60. The summed E-state index contributed by atoms with van der Waals surface area (Å²) in [5.41, 5.74) is 5.60. The van der Waals surface area contributed by atoms with Gasteiger partial charge in [-0.05, 0) is 12.8 Å². The lowest BCUT2D eigenvalue weighted by Crippen LogP contribution is -2.11. The Labute approximate surface area is 85.5 Å². The average molecular weight is 196 g/mol. The highest BCUT2D eigenvalue weighted by Crippen LogP contribution is 2.06. The van der Waals surface area contributed by atoms with Crippen LogP contribution in [0, 0.1) is 0 Å². The minimum atomic E-state index is 0.485. The van der Waals surface area contributed by atoms with Crippen LogP contribution >= 0.6 is 0 Å². The van der Waals surface area contributed by atoms with E-state index in [1.165, 1.54) is 12.8 Å². The van der Waals surface area contributed by atoms with Crippen LogP contribution in [0.3, 0.4) is 0 Å². The van der Waals surface area contributed by atoms with Gasteiger partial charge in [-0.25, -0.2) is 0 Å². The van der Waals surface area contributed by atoms with Gasteiger partial charge in [0.15, 0.2) is 0 Å². The van der Waals surface area contributed by atoms with Gasteiger partial charge in [-0.2, -0.15) is 0 Å². The highest BCUT2D eigenvalue weighted by atomic mass is 15.3. The van der Waals surface area contributed by atoms with Gasteiger partial charge in [-0.3, -0.25) is 0 Å².